The Kier molecular flexibility index (Phi) is 6.16. The van der Waals surface area contributed by atoms with Crippen LogP contribution in [0.1, 0.15) is 51.8 Å². The smallest absolute Gasteiger partial charge is 0.445 e. The summed E-state index contributed by atoms with van der Waals surface area (Å²) in [6, 6.07) is 12.7. The lowest BCUT2D eigenvalue weighted by Crippen LogP contribution is -2.62. The fraction of sp³-hybridized carbons (Fsp3) is 0.538. The van der Waals surface area contributed by atoms with Crippen LogP contribution in [0.15, 0.2) is 48.7 Å². The molecule has 2 unspecified atom stereocenters. The van der Waals surface area contributed by atoms with Crippen molar-refractivity contribution in [3.8, 4) is 0 Å². The van der Waals surface area contributed by atoms with Crippen LogP contribution in [0.2, 0.25) is 0 Å². The third-order valence-corrected chi connectivity index (χ3v) is 7.76. The second kappa shape index (κ2) is 8.89. The maximum absolute atomic E-state index is 13.0. The molecular weight excluding hydrogens is 447 g/mol. The molecule has 2 aromatic rings. The van der Waals surface area contributed by atoms with E-state index >= 15 is 0 Å². The van der Waals surface area contributed by atoms with Gasteiger partial charge in [-0.15, -0.1) is 0 Å². The number of pyridine rings is 1. The highest BCUT2D eigenvalue weighted by Crippen LogP contribution is 2.41. The molecule has 2 bridgehead atoms. The minimum absolute atomic E-state index is 0.211. The van der Waals surface area contributed by atoms with E-state index in [0.717, 1.165) is 11.0 Å². The van der Waals surface area contributed by atoms with E-state index in [9.17, 15) is 9.90 Å². The molecule has 3 fully saturated rings. The lowest BCUT2D eigenvalue weighted by Gasteiger charge is -2.50. The van der Waals surface area contributed by atoms with Crippen molar-refractivity contribution < 1.29 is 28.7 Å². The van der Waals surface area contributed by atoms with Crippen LogP contribution in [0.5, 0.6) is 0 Å². The number of carbonyl (C=O) groups is 1. The molecule has 3 aliphatic heterocycles. The lowest BCUT2D eigenvalue weighted by atomic mass is 9.77. The third-order valence-electron chi connectivity index (χ3n) is 7.76. The zero-order chi connectivity index (χ0) is 24.8. The largest absolute Gasteiger partial charge is 0.496 e. The van der Waals surface area contributed by atoms with Gasteiger partial charge in [-0.3, -0.25) is 9.88 Å². The Labute approximate surface area is 206 Å². The molecule has 0 radical (unpaired) electrons. The van der Waals surface area contributed by atoms with E-state index in [1.165, 1.54) is 0 Å². The predicted octanol–water partition coefficient (Wildman–Crippen LogP) is 2.77. The SMILES string of the molecule is CC1(C)OB(c2ccc(C3(O)CC4COCC(C3)N4C(=O)OCc3ccccc3)nc2)OC1(C)C. The predicted molar refractivity (Wildman–Crippen MR) is 130 cm³/mol. The summed E-state index contributed by atoms with van der Waals surface area (Å²) in [6.07, 6.45) is 1.99. The highest BCUT2D eigenvalue weighted by Gasteiger charge is 2.53. The third kappa shape index (κ3) is 4.58. The molecule has 35 heavy (non-hydrogen) atoms. The van der Waals surface area contributed by atoms with E-state index in [2.05, 4.69) is 4.98 Å². The summed E-state index contributed by atoms with van der Waals surface area (Å²) in [5.41, 5.74) is 0.279. The van der Waals surface area contributed by atoms with Gasteiger partial charge in [0.15, 0.2) is 0 Å². The summed E-state index contributed by atoms with van der Waals surface area (Å²) in [5, 5.41) is 11.6. The van der Waals surface area contributed by atoms with E-state index in [1.807, 2.05) is 70.2 Å². The molecule has 0 aliphatic carbocycles. The molecule has 1 aromatic carbocycles. The number of carbonyl (C=O) groups excluding carboxylic acids is 1. The maximum atomic E-state index is 13.0. The number of hydrogen-bond acceptors (Lipinski definition) is 7. The summed E-state index contributed by atoms with van der Waals surface area (Å²) in [6.45, 7) is 8.96. The Hall–Kier alpha value is -2.46. The first-order valence-electron chi connectivity index (χ1n) is 12.2. The van der Waals surface area contributed by atoms with Crippen LogP contribution < -0.4 is 5.46 Å². The van der Waals surface area contributed by atoms with Crippen molar-refractivity contribution in [1.29, 1.82) is 0 Å². The molecule has 0 saturated carbocycles. The first-order valence-corrected chi connectivity index (χ1v) is 12.2. The average molecular weight is 480 g/mol. The van der Waals surface area contributed by atoms with E-state index in [4.69, 9.17) is 18.8 Å². The minimum Gasteiger partial charge on any atom is -0.445 e. The Balaban J connectivity index is 1.28. The molecule has 1 amide bonds. The van der Waals surface area contributed by atoms with Gasteiger partial charge >= 0.3 is 13.2 Å². The number of amides is 1. The summed E-state index contributed by atoms with van der Waals surface area (Å²) in [4.78, 5) is 19.3. The van der Waals surface area contributed by atoms with Crippen LogP contribution in [0.25, 0.3) is 0 Å². The second-order valence-corrected chi connectivity index (χ2v) is 10.8. The van der Waals surface area contributed by atoms with E-state index < -0.39 is 23.9 Å². The number of aromatic nitrogens is 1. The van der Waals surface area contributed by atoms with Gasteiger partial charge in [0.2, 0.25) is 0 Å². The van der Waals surface area contributed by atoms with Crippen molar-refractivity contribution in [2.45, 2.75) is 76.0 Å². The number of piperidine rings is 1. The van der Waals surface area contributed by atoms with Crippen LogP contribution in [0, 0.1) is 0 Å². The average Bonchev–Trinajstić information content (AvgIpc) is 3.04. The molecule has 186 valence electrons. The topological polar surface area (TPSA) is 90.4 Å². The number of nitrogens with zero attached hydrogens (tertiary/aromatic N) is 2. The van der Waals surface area contributed by atoms with Gasteiger partial charge in [-0.05, 0) is 39.3 Å². The molecule has 8 nitrogen and oxygen atoms in total. The number of morpholine rings is 1. The highest BCUT2D eigenvalue weighted by molar-refractivity contribution is 6.62. The Morgan fingerprint density at radius 3 is 2.26 bits per heavy atom. The molecule has 9 heteroatoms. The monoisotopic (exact) mass is 480 g/mol. The van der Waals surface area contributed by atoms with Crippen molar-refractivity contribution in [3.63, 3.8) is 0 Å². The van der Waals surface area contributed by atoms with Gasteiger partial charge < -0.3 is 23.9 Å². The molecule has 0 spiro atoms. The number of fused-ring (bicyclic) bond motifs is 2. The Morgan fingerprint density at radius 1 is 1.06 bits per heavy atom. The summed E-state index contributed by atoms with van der Waals surface area (Å²) in [7, 11) is -0.509. The number of aliphatic hydroxyl groups is 1. The van der Waals surface area contributed by atoms with Gasteiger partial charge in [0, 0.05) is 24.5 Å². The van der Waals surface area contributed by atoms with Crippen molar-refractivity contribution in [2.24, 2.45) is 0 Å². The molecule has 3 aliphatic rings. The quantitative estimate of drug-likeness (QED) is 0.674. The Morgan fingerprint density at radius 2 is 1.69 bits per heavy atom. The van der Waals surface area contributed by atoms with E-state index in [1.54, 1.807) is 11.1 Å². The summed E-state index contributed by atoms with van der Waals surface area (Å²) >= 11 is 0. The Bertz CT molecular complexity index is 1030. The minimum atomic E-state index is -1.16. The number of ether oxygens (including phenoxy) is 2. The molecule has 1 aromatic heterocycles. The summed E-state index contributed by atoms with van der Waals surface area (Å²) in [5.74, 6) is 0. The van der Waals surface area contributed by atoms with Crippen LogP contribution in [-0.4, -0.2) is 64.7 Å². The second-order valence-electron chi connectivity index (χ2n) is 10.8. The van der Waals surface area contributed by atoms with Gasteiger partial charge in [0.25, 0.3) is 0 Å². The van der Waals surface area contributed by atoms with E-state index in [0.29, 0.717) is 31.7 Å². The van der Waals surface area contributed by atoms with Crippen LogP contribution in [0.4, 0.5) is 4.79 Å². The summed E-state index contributed by atoms with van der Waals surface area (Å²) < 4.78 is 23.5. The van der Waals surface area contributed by atoms with Gasteiger partial charge in [-0.25, -0.2) is 4.79 Å². The number of hydrogen-bond donors (Lipinski definition) is 1. The van der Waals surface area contributed by atoms with E-state index in [-0.39, 0.29) is 24.8 Å². The van der Waals surface area contributed by atoms with Crippen molar-refractivity contribution in [3.05, 3.63) is 59.9 Å². The van der Waals surface area contributed by atoms with Crippen molar-refractivity contribution in [1.82, 2.24) is 9.88 Å². The number of benzene rings is 1. The maximum Gasteiger partial charge on any atom is 0.496 e. The normalized spacial score (nSPS) is 29.2. The zero-order valence-electron chi connectivity index (χ0n) is 20.8. The molecule has 2 atom stereocenters. The standard InChI is InChI=1S/C26H33BN2O6/c1-24(2)25(3,4)35-27(34-24)19-10-11-22(28-14-19)26(31)12-20-16-32-17-21(13-26)29(20)23(30)33-15-18-8-6-5-7-9-18/h5-11,14,20-21,31H,12-13,15-17H2,1-4H3. The van der Waals surface area contributed by atoms with Gasteiger partial charge in [-0.2, -0.15) is 0 Å². The van der Waals surface area contributed by atoms with Gasteiger partial charge in [0.1, 0.15) is 12.2 Å². The van der Waals surface area contributed by atoms with Crippen LogP contribution >= 0.6 is 0 Å². The number of rotatable bonds is 4. The fourth-order valence-electron chi connectivity index (χ4n) is 5.08. The van der Waals surface area contributed by atoms with Crippen molar-refractivity contribution in [2.75, 3.05) is 13.2 Å². The molecule has 3 saturated heterocycles. The van der Waals surface area contributed by atoms with Crippen LogP contribution in [-0.2, 0) is 31.0 Å². The van der Waals surface area contributed by atoms with Crippen molar-refractivity contribution >= 4 is 18.7 Å². The van der Waals surface area contributed by atoms with Crippen LogP contribution in [0.3, 0.4) is 0 Å². The first-order chi connectivity index (χ1) is 16.6. The molecule has 4 heterocycles. The molecular formula is C26H33BN2O6. The van der Waals surface area contributed by atoms with Gasteiger partial charge in [0.05, 0.1) is 42.2 Å². The zero-order valence-corrected chi connectivity index (χ0v) is 20.8. The van der Waals surface area contributed by atoms with Gasteiger partial charge in [-0.1, -0.05) is 36.4 Å². The highest BCUT2D eigenvalue weighted by atomic mass is 16.7. The molecule has 1 N–H and O–H groups in total. The first kappa shape index (κ1) is 24.2. The lowest BCUT2D eigenvalue weighted by molar-refractivity contribution is -0.138. The fourth-order valence-corrected chi connectivity index (χ4v) is 5.08. The molecule has 5 rings (SSSR count).